The first-order valence-electron chi connectivity index (χ1n) is 5.94. The largest absolute Gasteiger partial charge is 0.439 e. The fourth-order valence-corrected chi connectivity index (χ4v) is 2.32. The molecule has 16 heavy (non-hydrogen) atoms. The molecule has 0 radical (unpaired) electrons. The van der Waals surface area contributed by atoms with Crippen LogP contribution in [0.3, 0.4) is 0 Å². The molecule has 2 heterocycles. The second-order valence-corrected chi connectivity index (χ2v) is 4.48. The molecule has 1 aromatic carbocycles. The molecule has 0 aliphatic carbocycles. The molecule has 1 fully saturated rings. The van der Waals surface area contributed by atoms with Gasteiger partial charge in [0.1, 0.15) is 5.52 Å². The number of piperidine rings is 1. The number of rotatable bonds is 1. The molecule has 0 spiro atoms. The van der Waals surface area contributed by atoms with Crippen LogP contribution >= 0.6 is 0 Å². The van der Waals surface area contributed by atoms with Gasteiger partial charge < -0.3 is 9.73 Å². The second kappa shape index (κ2) is 3.91. The Hall–Kier alpha value is -1.35. The van der Waals surface area contributed by atoms with Gasteiger partial charge in [0, 0.05) is 0 Å². The van der Waals surface area contributed by atoms with Gasteiger partial charge in [0.25, 0.3) is 0 Å². The summed E-state index contributed by atoms with van der Waals surface area (Å²) in [5.41, 5.74) is 3.07. The van der Waals surface area contributed by atoms with Crippen molar-refractivity contribution in [3.8, 4) is 0 Å². The van der Waals surface area contributed by atoms with Crippen LogP contribution in [0.1, 0.15) is 36.8 Å². The van der Waals surface area contributed by atoms with Gasteiger partial charge in [-0.05, 0) is 37.9 Å². The van der Waals surface area contributed by atoms with E-state index in [2.05, 4.69) is 23.3 Å². The predicted molar refractivity (Wildman–Crippen MR) is 63.3 cm³/mol. The fourth-order valence-electron chi connectivity index (χ4n) is 2.32. The monoisotopic (exact) mass is 216 g/mol. The summed E-state index contributed by atoms with van der Waals surface area (Å²) >= 11 is 0. The van der Waals surface area contributed by atoms with E-state index in [4.69, 9.17) is 4.42 Å². The molecule has 0 saturated carbocycles. The number of hydrogen-bond donors (Lipinski definition) is 1. The average molecular weight is 216 g/mol. The second-order valence-electron chi connectivity index (χ2n) is 4.48. The lowest BCUT2D eigenvalue weighted by molar-refractivity contribution is 0.347. The molecular formula is C13H16N2O. The van der Waals surface area contributed by atoms with Crippen LogP contribution in [0.4, 0.5) is 0 Å². The van der Waals surface area contributed by atoms with Gasteiger partial charge in [0.2, 0.25) is 5.89 Å². The first kappa shape index (κ1) is 9.85. The molecule has 0 bridgehead atoms. The molecule has 1 aliphatic heterocycles. The summed E-state index contributed by atoms with van der Waals surface area (Å²) in [5, 5.41) is 3.46. The van der Waals surface area contributed by atoms with Crippen molar-refractivity contribution in [1.82, 2.24) is 10.3 Å². The molecule has 1 atom stereocenters. The number of fused-ring (bicyclic) bond motifs is 1. The Kier molecular flexibility index (Phi) is 2.40. The van der Waals surface area contributed by atoms with Gasteiger partial charge in [-0.15, -0.1) is 0 Å². The van der Waals surface area contributed by atoms with Gasteiger partial charge in [0.05, 0.1) is 6.04 Å². The predicted octanol–water partition coefficient (Wildman–Crippen LogP) is 2.95. The summed E-state index contributed by atoms with van der Waals surface area (Å²) in [5.74, 6) is 0.851. The van der Waals surface area contributed by atoms with Crippen molar-refractivity contribution in [2.24, 2.45) is 0 Å². The minimum absolute atomic E-state index is 0.306. The number of benzene rings is 1. The van der Waals surface area contributed by atoms with Crippen molar-refractivity contribution in [3.05, 3.63) is 29.7 Å². The van der Waals surface area contributed by atoms with Crippen molar-refractivity contribution in [3.63, 3.8) is 0 Å². The molecule has 3 rings (SSSR count). The summed E-state index contributed by atoms with van der Waals surface area (Å²) in [6.07, 6.45) is 3.65. The van der Waals surface area contributed by atoms with E-state index in [1.807, 2.05) is 12.1 Å². The van der Waals surface area contributed by atoms with Crippen LogP contribution in [-0.4, -0.2) is 11.5 Å². The SMILES string of the molecule is Cc1cccc2nc(C3CCCCN3)oc12. The minimum atomic E-state index is 0.306. The van der Waals surface area contributed by atoms with Crippen LogP contribution < -0.4 is 5.32 Å². The molecule has 1 aromatic heterocycles. The summed E-state index contributed by atoms with van der Waals surface area (Å²) in [6.45, 7) is 3.13. The van der Waals surface area contributed by atoms with Gasteiger partial charge in [-0.25, -0.2) is 4.98 Å². The van der Waals surface area contributed by atoms with Crippen LogP contribution in [-0.2, 0) is 0 Å². The highest BCUT2D eigenvalue weighted by Gasteiger charge is 2.20. The zero-order chi connectivity index (χ0) is 11.0. The molecule has 3 heteroatoms. The lowest BCUT2D eigenvalue weighted by Gasteiger charge is -2.20. The molecule has 0 amide bonds. The first-order chi connectivity index (χ1) is 7.84. The van der Waals surface area contributed by atoms with E-state index in [1.54, 1.807) is 0 Å². The van der Waals surface area contributed by atoms with Crippen LogP contribution in [0.5, 0.6) is 0 Å². The van der Waals surface area contributed by atoms with Crippen molar-refractivity contribution in [1.29, 1.82) is 0 Å². The maximum Gasteiger partial charge on any atom is 0.212 e. The van der Waals surface area contributed by atoms with E-state index in [-0.39, 0.29) is 0 Å². The Morgan fingerprint density at radius 1 is 1.38 bits per heavy atom. The minimum Gasteiger partial charge on any atom is -0.439 e. The van der Waals surface area contributed by atoms with Gasteiger partial charge in [-0.1, -0.05) is 18.6 Å². The summed E-state index contributed by atoms with van der Waals surface area (Å²) in [4.78, 5) is 4.57. The van der Waals surface area contributed by atoms with Crippen LogP contribution in [0, 0.1) is 6.92 Å². The summed E-state index contributed by atoms with van der Waals surface area (Å²) in [7, 11) is 0. The molecule has 1 unspecified atom stereocenters. The van der Waals surface area contributed by atoms with Crippen molar-refractivity contribution >= 4 is 11.1 Å². The number of para-hydroxylation sites is 1. The van der Waals surface area contributed by atoms with E-state index < -0.39 is 0 Å². The number of nitrogens with one attached hydrogen (secondary N) is 1. The van der Waals surface area contributed by atoms with E-state index in [1.165, 1.54) is 12.8 Å². The molecule has 1 N–H and O–H groups in total. The van der Waals surface area contributed by atoms with Crippen molar-refractivity contribution < 1.29 is 4.42 Å². The highest BCUT2D eigenvalue weighted by atomic mass is 16.3. The maximum atomic E-state index is 5.86. The third-order valence-electron chi connectivity index (χ3n) is 3.24. The highest BCUT2D eigenvalue weighted by molar-refractivity contribution is 5.76. The fraction of sp³-hybridized carbons (Fsp3) is 0.462. The van der Waals surface area contributed by atoms with E-state index in [0.29, 0.717) is 6.04 Å². The third kappa shape index (κ3) is 1.61. The number of aryl methyl sites for hydroxylation is 1. The number of hydrogen-bond acceptors (Lipinski definition) is 3. The molecule has 3 nitrogen and oxygen atoms in total. The molecule has 1 aliphatic rings. The lowest BCUT2D eigenvalue weighted by Crippen LogP contribution is -2.26. The normalized spacial score (nSPS) is 21.4. The van der Waals surface area contributed by atoms with Crippen molar-refractivity contribution in [2.75, 3.05) is 6.54 Å². The van der Waals surface area contributed by atoms with E-state index in [0.717, 1.165) is 35.5 Å². The highest BCUT2D eigenvalue weighted by Crippen LogP contribution is 2.27. The lowest BCUT2D eigenvalue weighted by atomic mass is 10.1. The molecular weight excluding hydrogens is 200 g/mol. The Labute approximate surface area is 94.9 Å². The van der Waals surface area contributed by atoms with E-state index >= 15 is 0 Å². The van der Waals surface area contributed by atoms with E-state index in [9.17, 15) is 0 Å². The number of aromatic nitrogens is 1. The van der Waals surface area contributed by atoms with Crippen LogP contribution in [0.2, 0.25) is 0 Å². The topological polar surface area (TPSA) is 38.1 Å². The van der Waals surface area contributed by atoms with Gasteiger partial charge in [0.15, 0.2) is 5.58 Å². The van der Waals surface area contributed by atoms with Crippen LogP contribution in [0.25, 0.3) is 11.1 Å². The smallest absolute Gasteiger partial charge is 0.212 e. The van der Waals surface area contributed by atoms with Crippen molar-refractivity contribution in [2.45, 2.75) is 32.2 Å². The maximum absolute atomic E-state index is 5.86. The summed E-state index contributed by atoms with van der Waals surface area (Å²) in [6, 6.07) is 6.41. The Bertz CT molecular complexity index is 498. The van der Waals surface area contributed by atoms with Gasteiger partial charge >= 0.3 is 0 Å². The van der Waals surface area contributed by atoms with Gasteiger partial charge in [-0.3, -0.25) is 0 Å². The molecule has 84 valence electrons. The molecule has 2 aromatic rings. The first-order valence-corrected chi connectivity index (χ1v) is 5.94. The average Bonchev–Trinajstić information content (AvgIpc) is 2.76. The quantitative estimate of drug-likeness (QED) is 0.796. The number of oxazole rings is 1. The van der Waals surface area contributed by atoms with Gasteiger partial charge in [-0.2, -0.15) is 0 Å². The third-order valence-corrected chi connectivity index (χ3v) is 3.24. The zero-order valence-corrected chi connectivity index (χ0v) is 9.49. The zero-order valence-electron chi connectivity index (χ0n) is 9.49. The Morgan fingerprint density at radius 2 is 2.31 bits per heavy atom. The standard InChI is InChI=1S/C13H16N2O/c1-9-5-4-7-10-12(9)16-13(15-10)11-6-2-3-8-14-11/h4-5,7,11,14H,2-3,6,8H2,1H3. The summed E-state index contributed by atoms with van der Waals surface area (Å²) < 4.78 is 5.86. The molecule has 1 saturated heterocycles. The van der Waals surface area contributed by atoms with Crippen LogP contribution in [0.15, 0.2) is 22.6 Å². The Morgan fingerprint density at radius 3 is 3.06 bits per heavy atom. The Balaban J connectivity index is 2.01. The number of nitrogens with zero attached hydrogens (tertiary/aromatic N) is 1.